The predicted octanol–water partition coefficient (Wildman–Crippen LogP) is 0.808. The molecule has 0 spiro atoms. The topological polar surface area (TPSA) is 104 Å². The van der Waals surface area contributed by atoms with E-state index in [1.165, 1.54) is 13.8 Å². The number of carbonyl (C=O) groups is 2. The summed E-state index contributed by atoms with van der Waals surface area (Å²) in [6, 6.07) is -1.14. The van der Waals surface area contributed by atoms with Gasteiger partial charge in [-0.25, -0.2) is 8.42 Å². The van der Waals surface area contributed by atoms with Crippen LogP contribution in [-0.4, -0.2) is 54.6 Å². The second-order valence-electron chi connectivity index (χ2n) is 5.86. The zero-order valence-corrected chi connectivity index (χ0v) is 14.1. The molecule has 22 heavy (non-hydrogen) atoms. The third-order valence-electron chi connectivity index (χ3n) is 4.11. The minimum atomic E-state index is -3.65. The van der Waals surface area contributed by atoms with Gasteiger partial charge in [-0.3, -0.25) is 9.59 Å². The molecular weight excluding hydrogens is 308 g/mol. The van der Waals surface area contributed by atoms with E-state index < -0.39 is 22.0 Å². The van der Waals surface area contributed by atoms with Crippen LogP contribution in [0.25, 0.3) is 0 Å². The fourth-order valence-electron chi connectivity index (χ4n) is 2.77. The van der Waals surface area contributed by atoms with Gasteiger partial charge in [-0.15, -0.1) is 0 Å². The first-order valence-corrected chi connectivity index (χ1v) is 9.31. The van der Waals surface area contributed by atoms with Gasteiger partial charge >= 0.3 is 5.97 Å². The lowest BCUT2D eigenvalue weighted by Gasteiger charge is -2.26. The van der Waals surface area contributed by atoms with Gasteiger partial charge in [0.15, 0.2) is 0 Å². The number of aliphatic carboxylic acids is 1. The minimum Gasteiger partial charge on any atom is -0.480 e. The van der Waals surface area contributed by atoms with Crippen molar-refractivity contribution in [3.8, 4) is 0 Å². The lowest BCUT2D eigenvalue weighted by molar-refractivity contribution is -0.140. The molecule has 1 fully saturated rings. The van der Waals surface area contributed by atoms with Crippen molar-refractivity contribution >= 4 is 21.9 Å². The van der Waals surface area contributed by atoms with Crippen LogP contribution in [0, 0.1) is 5.92 Å². The molecule has 0 aromatic heterocycles. The van der Waals surface area contributed by atoms with Crippen molar-refractivity contribution in [2.24, 2.45) is 5.92 Å². The van der Waals surface area contributed by atoms with E-state index in [0.717, 1.165) is 30.0 Å². The molecular formula is C14H26N2O5S. The van der Waals surface area contributed by atoms with Gasteiger partial charge in [0, 0.05) is 20.0 Å². The molecule has 0 saturated heterocycles. The summed E-state index contributed by atoms with van der Waals surface area (Å²) in [7, 11) is -3.65. The van der Waals surface area contributed by atoms with E-state index in [1.54, 1.807) is 0 Å². The number of nitrogens with zero attached hydrogens (tertiary/aromatic N) is 1. The van der Waals surface area contributed by atoms with Crippen molar-refractivity contribution < 1.29 is 23.1 Å². The molecule has 0 aromatic carbocycles. The van der Waals surface area contributed by atoms with E-state index in [0.29, 0.717) is 12.3 Å². The Labute approximate surface area is 132 Å². The average Bonchev–Trinajstić information content (AvgIpc) is 2.93. The largest absolute Gasteiger partial charge is 0.480 e. The number of hydrogen-bond acceptors (Lipinski definition) is 4. The van der Waals surface area contributed by atoms with Crippen LogP contribution in [0.15, 0.2) is 0 Å². The molecule has 1 saturated carbocycles. The Bertz CT molecular complexity index is 485. The highest BCUT2D eigenvalue weighted by molar-refractivity contribution is 7.89. The number of nitrogens with one attached hydrogen (secondary N) is 1. The quantitative estimate of drug-likeness (QED) is 0.649. The summed E-state index contributed by atoms with van der Waals surface area (Å²) in [5.74, 6) is -1.07. The molecule has 0 radical (unpaired) electrons. The van der Waals surface area contributed by atoms with Gasteiger partial charge < -0.3 is 10.4 Å². The summed E-state index contributed by atoms with van der Waals surface area (Å²) in [5, 5.41) is 11.6. The molecule has 1 amide bonds. The number of hydrogen-bond donors (Lipinski definition) is 2. The molecule has 0 bridgehead atoms. The van der Waals surface area contributed by atoms with Gasteiger partial charge in [0.2, 0.25) is 15.9 Å². The second-order valence-corrected chi connectivity index (χ2v) is 7.90. The molecule has 8 heteroatoms. The zero-order chi connectivity index (χ0) is 16.8. The van der Waals surface area contributed by atoms with E-state index in [2.05, 4.69) is 5.32 Å². The van der Waals surface area contributed by atoms with Gasteiger partial charge in [0.1, 0.15) is 6.04 Å². The van der Waals surface area contributed by atoms with Crippen molar-refractivity contribution in [2.45, 2.75) is 52.0 Å². The summed E-state index contributed by atoms with van der Waals surface area (Å²) >= 11 is 0. The monoisotopic (exact) mass is 334 g/mol. The van der Waals surface area contributed by atoms with Gasteiger partial charge in [-0.05, 0) is 19.3 Å². The fraction of sp³-hybridized carbons (Fsp3) is 0.857. The number of sulfonamides is 1. The maximum absolute atomic E-state index is 12.5. The van der Waals surface area contributed by atoms with E-state index >= 15 is 0 Å². The molecule has 1 rings (SSSR count). The smallest absolute Gasteiger partial charge is 0.321 e. The van der Waals surface area contributed by atoms with Crippen LogP contribution in [0.3, 0.4) is 0 Å². The molecule has 2 N–H and O–H groups in total. The van der Waals surface area contributed by atoms with Crippen molar-refractivity contribution in [1.29, 1.82) is 0 Å². The average molecular weight is 334 g/mol. The third-order valence-corrected chi connectivity index (χ3v) is 6.08. The Balaban J connectivity index is 2.68. The van der Waals surface area contributed by atoms with Crippen LogP contribution >= 0.6 is 0 Å². The number of rotatable bonds is 9. The number of amides is 1. The van der Waals surface area contributed by atoms with Crippen LogP contribution < -0.4 is 5.32 Å². The molecule has 7 nitrogen and oxygen atoms in total. The summed E-state index contributed by atoms with van der Waals surface area (Å²) < 4.78 is 25.9. The molecule has 0 aromatic rings. The van der Waals surface area contributed by atoms with Gasteiger partial charge in [-0.1, -0.05) is 25.7 Å². The highest BCUT2D eigenvalue weighted by Crippen LogP contribution is 2.28. The second kappa shape index (κ2) is 8.47. The fourth-order valence-corrected chi connectivity index (χ4v) is 4.58. The Morgan fingerprint density at radius 1 is 1.32 bits per heavy atom. The van der Waals surface area contributed by atoms with Crippen LogP contribution in [0.2, 0.25) is 0 Å². The van der Waals surface area contributed by atoms with E-state index in [4.69, 9.17) is 5.11 Å². The molecule has 1 atom stereocenters. The summed E-state index contributed by atoms with van der Waals surface area (Å²) in [6.45, 7) is 2.76. The Kier molecular flexibility index (Phi) is 7.28. The number of carbonyl (C=O) groups excluding carboxylic acids is 1. The van der Waals surface area contributed by atoms with Crippen molar-refractivity contribution in [2.75, 3.05) is 18.8 Å². The van der Waals surface area contributed by atoms with Crippen LogP contribution in [-0.2, 0) is 19.6 Å². The maximum Gasteiger partial charge on any atom is 0.321 e. The summed E-state index contributed by atoms with van der Waals surface area (Å²) in [4.78, 5) is 22.0. The normalized spacial score (nSPS) is 17.6. The van der Waals surface area contributed by atoms with Crippen LogP contribution in [0.5, 0.6) is 0 Å². The maximum atomic E-state index is 12.5. The van der Waals surface area contributed by atoms with Crippen molar-refractivity contribution in [3.05, 3.63) is 0 Å². The summed E-state index contributed by atoms with van der Waals surface area (Å²) in [5.41, 5.74) is 0. The molecule has 128 valence electrons. The SMILES string of the molecule is CC(=O)NCCN(C(C)C(=O)O)S(=O)(=O)CCC1CCCC1. The Morgan fingerprint density at radius 2 is 1.91 bits per heavy atom. The first kappa shape index (κ1) is 18.9. The first-order chi connectivity index (χ1) is 10.2. The third kappa shape index (κ3) is 5.92. The number of carboxylic acids is 1. The van der Waals surface area contributed by atoms with Crippen LogP contribution in [0.4, 0.5) is 0 Å². The molecule has 1 unspecified atom stereocenters. The van der Waals surface area contributed by atoms with E-state index in [-0.39, 0.29) is 24.7 Å². The molecule has 1 aliphatic rings. The first-order valence-electron chi connectivity index (χ1n) is 7.71. The molecule has 0 aliphatic heterocycles. The standard InChI is InChI=1S/C14H26N2O5S/c1-11(14(18)19)16(9-8-15-12(2)17)22(20,21)10-7-13-5-3-4-6-13/h11,13H,3-10H2,1-2H3,(H,15,17)(H,18,19). The Morgan fingerprint density at radius 3 is 2.41 bits per heavy atom. The highest BCUT2D eigenvalue weighted by atomic mass is 32.2. The van der Waals surface area contributed by atoms with E-state index in [9.17, 15) is 18.0 Å². The van der Waals surface area contributed by atoms with Crippen molar-refractivity contribution in [3.63, 3.8) is 0 Å². The number of carboxylic acid groups (broad SMARTS) is 1. The molecule has 1 aliphatic carbocycles. The van der Waals surface area contributed by atoms with Gasteiger partial charge in [0.25, 0.3) is 0 Å². The van der Waals surface area contributed by atoms with Crippen molar-refractivity contribution in [1.82, 2.24) is 9.62 Å². The van der Waals surface area contributed by atoms with Gasteiger partial charge in [0.05, 0.1) is 5.75 Å². The lowest BCUT2D eigenvalue weighted by Crippen LogP contribution is -2.47. The van der Waals surface area contributed by atoms with E-state index in [1.807, 2.05) is 0 Å². The predicted molar refractivity (Wildman–Crippen MR) is 82.8 cm³/mol. The molecule has 0 heterocycles. The zero-order valence-electron chi connectivity index (χ0n) is 13.2. The summed E-state index contributed by atoms with van der Waals surface area (Å²) in [6.07, 6.45) is 4.96. The highest BCUT2D eigenvalue weighted by Gasteiger charge is 2.32. The lowest BCUT2D eigenvalue weighted by atomic mass is 10.1. The van der Waals surface area contributed by atoms with Gasteiger partial charge in [-0.2, -0.15) is 4.31 Å². The van der Waals surface area contributed by atoms with Crippen LogP contribution in [0.1, 0.15) is 46.0 Å². The minimum absolute atomic E-state index is 0.0277. The Hall–Kier alpha value is -1.15.